The largest absolute Gasteiger partial charge is 0.395 e. The molecule has 1 aliphatic rings. The average molecular weight is 333 g/mol. The van der Waals surface area contributed by atoms with Crippen LogP contribution in [0.4, 0.5) is 4.79 Å². The molecule has 0 aromatic heterocycles. The van der Waals surface area contributed by atoms with E-state index in [2.05, 4.69) is 48.3 Å². The first-order valence-electron chi connectivity index (χ1n) is 8.88. The third-order valence-electron chi connectivity index (χ3n) is 4.60. The van der Waals surface area contributed by atoms with Crippen molar-refractivity contribution in [2.45, 2.75) is 33.4 Å². The summed E-state index contributed by atoms with van der Waals surface area (Å²) in [4.78, 5) is 15.8. The average Bonchev–Trinajstić information content (AvgIpc) is 2.53. The minimum absolute atomic E-state index is 0.0215. The molecular weight excluding hydrogens is 302 g/mol. The molecule has 1 saturated heterocycles. The van der Waals surface area contributed by atoms with E-state index < -0.39 is 0 Å². The Labute approximate surface area is 145 Å². The number of aliphatic hydroxyl groups excluding tert-OH is 1. The van der Waals surface area contributed by atoms with E-state index >= 15 is 0 Å². The molecule has 2 atom stereocenters. The van der Waals surface area contributed by atoms with Crippen molar-refractivity contribution < 1.29 is 9.90 Å². The summed E-state index contributed by atoms with van der Waals surface area (Å²) in [5, 5.41) is 11.7. The Bertz CT molecular complexity index is 508. The zero-order valence-corrected chi connectivity index (χ0v) is 15.2. The Morgan fingerprint density at radius 3 is 2.38 bits per heavy atom. The van der Waals surface area contributed by atoms with E-state index in [0.717, 1.165) is 23.9 Å². The van der Waals surface area contributed by atoms with Gasteiger partial charge in [0.15, 0.2) is 0 Å². The summed E-state index contributed by atoms with van der Waals surface area (Å²) in [6, 6.07) is 8.31. The van der Waals surface area contributed by atoms with Crippen molar-refractivity contribution in [2.24, 2.45) is 11.8 Å². The first-order valence-corrected chi connectivity index (χ1v) is 8.88. The number of benzene rings is 1. The highest BCUT2D eigenvalue weighted by Crippen LogP contribution is 2.22. The van der Waals surface area contributed by atoms with Crippen LogP contribution in [0.1, 0.15) is 31.4 Å². The van der Waals surface area contributed by atoms with Gasteiger partial charge < -0.3 is 15.3 Å². The number of hydrogen-bond donors (Lipinski definition) is 2. The maximum absolute atomic E-state index is 11.8. The monoisotopic (exact) mass is 333 g/mol. The minimum Gasteiger partial charge on any atom is -0.395 e. The molecule has 1 aliphatic heterocycles. The highest BCUT2D eigenvalue weighted by molar-refractivity contribution is 5.73. The molecule has 0 bridgehead atoms. The normalized spacial score (nSPS) is 21.5. The third kappa shape index (κ3) is 5.80. The maximum atomic E-state index is 11.8. The molecule has 0 saturated carbocycles. The fraction of sp³-hybridized carbons (Fsp3) is 0.632. The van der Waals surface area contributed by atoms with Crippen LogP contribution in [0.3, 0.4) is 0 Å². The molecule has 0 radical (unpaired) electrons. The van der Waals surface area contributed by atoms with Crippen molar-refractivity contribution in [1.29, 1.82) is 0 Å². The van der Waals surface area contributed by atoms with E-state index in [1.54, 1.807) is 7.05 Å². The molecule has 5 heteroatoms. The van der Waals surface area contributed by atoms with Crippen LogP contribution in [0.2, 0.25) is 0 Å². The van der Waals surface area contributed by atoms with E-state index in [1.165, 1.54) is 30.0 Å². The van der Waals surface area contributed by atoms with Crippen molar-refractivity contribution >= 4 is 6.03 Å². The van der Waals surface area contributed by atoms with Gasteiger partial charge in [-0.25, -0.2) is 4.79 Å². The van der Waals surface area contributed by atoms with Crippen LogP contribution < -0.4 is 5.32 Å². The minimum atomic E-state index is -0.163. The lowest BCUT2D eigenvalue weighted by molar-refractivity contribution is 0.134. The number of aliphatic hydroxyl groups is 1. The smallest absolute Gasteiger partial charge is 0.317 e. The number of hydrogen-bond acceptors (Lipinski definition) is 3. The number of amides is 2. The molecule has 0 aliphatic carbocycles. The second kappa shape index (κ2) is 9.04. The Kier molecular flexibility index (Phi) is 7.06. The standard InChI is InChI=1S/C19H31N3O2/c1-15-10-16(2)13-22(12-15)14-18-6-4-17(5-7-18)11-20-19(24)21(3)8-9-23/h4-7,15-16,23H,8-14H2,1-3H3,(H,20,24). The van der Waals surface area contributed by atoms with Gasteiger partial charge in [-0.05, 0) is 29.4 Å². The number of carbonyl (C=O) groups is 1. The first-order chi connectivity index (χ1) is 11.5. The number of carbonyl (C=O) groups excluding carboxylic acids is 1. The lowest BCUT2D eigenvalue weighted by Gasteiger charge is -2.35. The predicted octanol–water partition coefficient (Wildman–Crippen LogP) is 2.30. The van der Waals surface area contributed by atoms with Crippen molar-refractivity contribution in [1.82, 2.24) is 15.1 Å². The highest BCUT2D eigenvalue weighted by atomic mass is 16.3. The quantitative estimate of drug-likeness (QED) is 0.840. The third-order valence-corrected chi connectivity index (χ3v) is 4.60. The summed E-state index contributed by atoms with van der Waals surface area (Å²) >= 11 is 0. The van der Waals surface area contributed by atoms with Gasteiger partial charge in [-0.15, -0.1) is 0 Å². The number of nitrogens with one attached hydrogen (secondary N) is 1. The molecule has 2 rings (SSSR count). The summed E-state index contributed by atoms with van der Waals surface area (Å²) in [6.07, 6.45) is 1.33. The molecule has 0 spiro atoms. The Balaban J connectivity index is 1.81. The van der Waals surface area contributed by atoms with Crippen LogP contribution in [-0.2, 0) is 13.1 Å². The molecule has 2 amide bonds. The van der Waals surface area contributed by atoms with E-state index in [-0.39, 0.29) is 12.6 Å². The van der Waals surface area contributed by atoms with Gasteiger partial charge in [0.25, 0.3) is 0 Å². The van der Waals surface area contributed by atoms with Crippen molar-refractivity contribution in [3.63, 3.8) is 0 Å². The number of nitrogens with zero attached hydrogens (tertiary/aromatic N) is 2. The molecule has 2 N–H and O–H groups in total. The van der Waals surface area contributed by atoms with E-state index in [4.69, 9.17) is 5.11 Å². The summed E-state index contributed by atoms with van der Waals surface area (Å²) in [5.74, 6) is 1.55. The van der Waals surface area contributed by atoms with Crippen LogP contribution in [0.15, 0.2) is 24.3 Å². The van der Waals surface area contributed by atoms with Gasteiger partial charge in [-0.1, -0.05) is 38.1 Å². The summed E-state index contributed by atoms with van der Waals surface area (Å²) in [5.41, 5.74) is 2.41. The van der Waals surface area contributed by atoms with Crippen LogP contribution in [0, 0.1) is 11.8 Å². The maximum Gasteiger partial charge on any atom is 0.317 e. The number of piperidine rings is 1. The zero-order valence-electron chi connectivity index (χ0n) is 15.2. The van der Waals surface area contributed by atoms with Crippen LogP contribution in [0.25, 0.3) is 0 Å². The predicted molar refractivity (Wildman–Crippen MR) is 96.6 cm³/mol. The van der Waals surface area contributed by atoms with Crippen LogP contribution >= 0.6 is 0 Å². The molecule has 1 fully saturated rings. The topological polar surface area (TPSA) is 55.8 Å². The molecular formula is C19H31N3O2. The first kappa shape index (κ1) is 18.7. The van der Waals surface area contributed by atoms with Gasteiger partial charge in [0.2, 0.25) is 0 Å². The number of urea groups is 1. The molecule has 2 unspecified atom stereocenters. The van der Waals surface area contributed by atoms with Gasteiger partial charge in [0.05, 0.1) is 6.61 Å². The lowest BCUT2D eigenvalue weighted by Crippen LogP contribution is -2.38. The van der Waals surface area contributed by atoms with Crippen LogP contribution in [0.5, 0.6) is 0 Å². The molecule has 1 aromatic carbocycles. The summed E-state index contributed by atoms with van der Waals surface area (Å²) < 4.78 is 0. The Hall–Kier alpha value is -1.59. The van der Waals surface area contributed by atoms with Gasteiger partial charge >= 0.3 is 6.03 Å². The Morgan fingerprint density at radius 1 is 1.21 bits per heavy atom. The summed E-state index contributed by atoms with van der Waals surface area (Å²) in [6.45, 7) is 8.86. The van der Waals surface area contributed by atoms with Crippen LogP contribution in [-0.4, -0.2) is 54.2 Å². The number of rotatable bonds is 6. The van der Waals surface area contributed by atoms with Gasteiger partial charge in [0, 0.05) is 39.8 Å². The van der Waals surface area contributed by atoms with Crippen molar-refractivity contribution in [3.8, 4) is 0 Å². The van der Waals surface area contributed by atoms with Crippen molar-refractivity contribution in [3.05, 3.63) is 35.4 Å². The number of likely N-dealkylation sites (N-methyl/N-ethyl adjacent to an activating group) is 1. The van der Waals surface area contributed by atoms with E-state index in [1.807, 2.05) is 0 Å². The van der Waals surface area contributed by atoms with Crippen molar-refractivity contribution in [2.75, 3.05) is 33.3 Å². The molecule has 5 nitrogen and oxygen atoms in total. The fourth-order valence-corrected chi connectivity index (χ4v) is 3.51. The SMILES string of the molecule is CC1CC(C)CN(Cc2ccc(CNC(=O)N(C)CCO)cc2)C1. The molecule has 24 heavy (non-hydrogen) atoms. The molecule has 1 heterocycles. The van der Waals surface area contributed by atoms with Gasteiger partial charge in [0.1, 0.15) is 0 Å². The second-order valence-corrected chi connectivity index (χ2v) is 7.26. The van der Waals surface area contributed by atoms with E-state index in [0.29, 0.717) is 13.1 Å². The molecule has 134 valence electrons. The fourth-order valence-electron chi connectivity index (χ4n) is 3.51. The van der Waals surface area contributed by atoms with Gasteiger partial charge in [-0.2, -0.15) is 0 Å². The van der Waals surface area contributed by atoms with E-state index in [9.17, 15) is 4.79 Å². The lowest BCUT2D eigenvalue weighted by atomic mass is 9.91. The zero-order chi connectivity index (χ0) is 17.5. The molecule has 1 aromatic rings. The summed E-state index contributed by atoms with van der Waals surface area (Å²) in [7, 11) is 1.68. The second-order valence-electron chi connectivity index (χ2n) is 7.26. The number of likely N-dealkylation sites (tertiary alicyclic amines) is 1. The van der Waals surface area contributed by atoms with Gasteiger partial charge in [-0.3, -0.25) is 4.90 Å². The Morgan fingerprint density at radius 2 is 1.79 bits per heavy atom. The highest BCUT2D eigenvalue weighted by Gasteiger charge is 2.21.